The summed E-state index contributed by atoms with van der Waals surface area (Å²) < 4.78 is 5.73. The Morgan fingerprint density at radius 1 is 1.44 bits per heavy atom. The maximum atomic E-state index is 5.92. The lowest BCUT2D eigenvalue weighted by Gasteiger charge is -2.10. The van der Waals surface area contributed by atoms with Crippen molar-refractivity contribution >= 4 is 39.3 Å². The van der Waals surface area contributed by atoms with E-state index >= 15 is 0 Å². The number of ether oxygens (including phenoxy) is 1. The van der Waals surface area contributed by atoms with Gasteiger partial charge in [-0.1, -0.05) is 34.5 Å². The first-order valence-corrected chi connectivity index (χ1v) is 7.98. The second-order valence-corrected chi connectivity index (χ2v) is 5.68. The van der Waals surface area contributed by atoms with E-state index in [-0.39, 0.29) is 0 Å². The van der Waals surface area contributed by atoms with Crippen molar-refractivity contribution in [3.63, 3.8) is 0 Å². The molecule has 0 aliphatic heterocycles. The van der Waals surface area contributed by atoms with Gasteiger partial charge >= 0.3 is 0 Å². The summed E-state index contributed by atoms with van der Waals surface area (Å²) in [5.74, 6) is 3.27. The van der Waals surface area contributed by atoms with E-state index in [0.29, 0.717) is 0 Å². The van der Waals surface area contributed by atoms with Crippen LogP contribution in [0, 0.1) is 0 Å². The summed E-state index contributed by atoms with van der Waals surface area (Å²) in [7, 11) is 0. The van der Waals surface area contributed by atoms with E-state index in [2.05, 4.69) is 22.9 Å². The quantitative estimate of drug-likeness (QED) is 0.528. The Kier molecular flexibility index (Phi) is 7.33. The SMILES string of the molecule is CCSCCCOc1ccc(Cl)cc1CBr. The molecule has 0 aliphatic carbocycles. The molecular formula is C12H16BrClOS. The van der Waals surface area contributed by atoms with Gasteiger partial charge in [-0.15, -0.1) is 0 Å². The Labute approximate surface area is 115 Å². The third-order valence-electron chi connectivity index (χ3n) is 2.06. The van der Waals surface area contributed by atoms with Gasteiger partial charge in [0.05, 0.1) is 6.61 Å². The van der Waals surface area contributed by atoms with Gasteiger partial charge in [-0.2, -0.15) is 11.8 Å². The summed E-state index contributed by atoms with van der Waals surface area (Å²) in [5, 5.41) is 1.52. The largest absolute Gasteiger partial charge is 0.493 e. The molecule has 16 heavy (non-hydrogen) atoms. The van der Waals surface area contributed by atoms with E-state index in [9.17, 15) is 0 Å². The van der Waals surface area contributed by atoms with E-state index in [0.717, 1.165) is 40.4 Å². The van der Waals surface area contributed by atoms with Crippen LogP contribution in [0.3, 0.4) is 0 Å². The van der Waals surface area contributed by atoms with Gasteiger partial charge in [-0.05, 0) is 36.1 Å². The number of alkyl halides is 1. The zero-order valence-electron chi connectivity index (χ0n) is 9.34. The molecule has 0 radical (unpaired) electrons. The van der Waals surface area contributed by atoms with Crippen molar-refractivity contribution in [3.8, 4) is 5.75 Å². The second-order valence-electron chi connectivity index (χ2n) is 3.28. The molecule has 0 aromatic heterocycles. The van der Waals surface area contributed by atoms with Gasteiger partial charge in [0.1, 0.15) is 5.75 Å². The first-order chi connectivity index (χ1) is 7.77. The lowest BCUT2D eigenvalue weighted by atomic mass is 10.2. The third kappa shape index (κ3) is 4.98. The molecule has 0 bridgehead atoms. The molecule has 0 saturated carbocycles. The Morgan fingerprint density at radius 3 is 2.94 bits per heavy atom. The van der Waals surface area contributed by atoms with Crippen molar-refractivity contribution in [2.75, 3.05) is 18.1 Å². The molecule has 1 aromatic rings. The predicted octanol–water partition coefficient (Wildman–Crippen LogP) is 4.76. The van der Waals surface area contributed by atoms with Gasteiger partial charge in [0.25, 0.3) is 0 Å². The first-order valence-electron chi connectivity index (χ1n) is 5.33. The summed E-state index contributed by atoms with van der Waals surface area (Å²) in [5.41, 5.74) is 1.11. The summed E-state index contributed by atoms with van der Waals surface area (Å²) in [6.07, 6.45) is 1.09. The van der Waals surface area contributed by atoms with Crippen LogP contribution in [0.2, 0.25) is 5.02 Å². The highest BCUT2D eigenvalue weighted by Crippen LogP contribution is 2.25. The number of thioether (sulfide) groups is 1. The molecule has 0 aliphatic rings. The van der Waals surface area contributed by atoms with E-state index in [1.54, 1.807) is 0 Å². The molecule has 1 aromatic carbocycles. The summed E-state index contributed by atoms with van der Waals surface area (Å²) in [4.78, 5) is 0. The van der Waals surface area contributed by atoms with Crippen molar-refractivity contribution in [3.05, 3.63) is 28.8 Å². The van der Waals surface area contributed by atoms with Gasteiger partial charge in [-0.3, -0.25) is 0 Å². The average molecular weight is 324 g/mol. The third-order valence-corrected chi connectivity index (χ3v) is 3.89. The standard InChI is InChI=1S/C12H16BrClOS/c1-2-16-7-3-6-15-12-5-4-11(14)8-10(12)9-13/h4-5,8H,2-3,6-7,9H2,1H3. The fraction of sp³-hybridized carbons (Fsp3) is 0.500. The Hall–Kier alpha value is 0.140. The number of rotatable bonds is 7. The van der Waals surface area contributed by atoms with Gasteiger partial charge in [-0.25, -0.2) is 0 Å². The molecule has 90 valence electrons. The zero-order valence-corrected chi connectivity index (χ0v) is 12.5. The minimum atomic E-state index is 0.753. The van der Waals surface area contributed by atoms with Crippen LogP contribution in [-0.4, -0.2) is 18.1 Å². The molecule has 0 unspecified atom stereocenters. The van der Waals surface area contributed by atoms with Crippen molar-refractivity contribution in [1.82, 2.24) is 0 Å². The van der Waals surface area contributed by atoms with Crippen molar-refractivity contribution in [1.29, 1.82) is 0 Å². The van der Waals surface area contributed by atoms with Crippen molar-refractivity contribution in [2.24, 2.45) is 0 Å². The van der Waals surface area contributed by atoms with Gasteiger partial charge in [0.15, 0.2) is 0 Å². The number of hydrogen-bond donors (Lipinski definition) is 0. The molecule has 1 rings (SSSR count). The highest BCUT2D eigenvalue weighted by atomic mass is 79.9. The monoisotopic (exact) mass is 322 g/mol. The molecule has 4 heteroatoms. The van der Waals surface area contributed by atoms with Crippen LogP contribution in [0.4, 0.5) is 0 Å². The summed E-state index contributed by atoms with van der Waals surface area (Å²) in [6, 6.07) is 5.74. The fourth-order valence-electron chi connectivity index (χ4n) is 1.28. The predicted molar refractivity (Wildman–Crippen MR) is 77.2 cm³/mol. The zero-order chi connectivity index (χ0) is 11.8. The van der Waals surface area contributed by atoms with Crippen LogP contribution in [0.25, 0.3) is 0 Å². The van der Waals surface area contributed by atoms with Crippen LogP contribution in [-0.2, 0) is 5.33 Å². The first kappa shape index (κ1) is 14.2. The Bertz CT molecular complexity index is 320. The molecule has 1 nitrogen and oxygen atoms in total. The normalized spacial score (nSPS) is 10.4. The Balaban J connectivity index is 2.41. The van der Waals surface area contributed by atoms with Crippen LogP contribution in [0.5, 0.6) is 5.75 Å². The second kappa shape index (κ2) is 8.26. The van der Waals surface area contributed by atoms with Crippen LogP contribution in [0.15, 0.2) is 18.2 Å². The lowest BCUT2D eigenvalue weighted by Crippen LogP contribution is -2.00. The molecule has 0 atom stereocenters. The van der Waals surface area contributed by atoms with Crippen LogP contribution < -0.4 is 4.74 Å². The smallest absolute Gasteiger partial charge is 0.123 e. The number of halogens is 2. The fourth-order valence-corrected chi connectivity index (χ4v) is 2.52. The highest BCUT2D eigenvalue weighted by Gasteiger charge is 2.03. The minimum Gasteiger partial charge on any atom is -0.493 e. The van der Waals surface area contributed by atoms with E-state index in [1.165, 1.54) is 5.75 Å². The minimum absolute atomic E-state index is 0.753. The molecule has 0 saturated heterocycles. The van der Waals surface area contributed by atoms with Crippen LogP contribution in [0.1, 0.15) is 18.9 Å². The Morgan fingerprint density at radius 2 is 2.25 bits per heavy atom. The number of hydrogen-bond acceptors (Lipinski definition) is 2. The van der Waals surface area contributed by atoms with Gasteiger partial charge < -0.3 is 4.74 Å². The van der Waals surface area contributed by atoms with Crippen molar-refractivity contribution < 1.29 is 4.74 Å². The molecule has 0 N–H and O–H groups in total. The van der Waals surface area contributed by atoms with E-state index in [1.807, 2.05) is 30.0 Å². The molecule has 0 amide bonds. The highest BCUT2D eigenvalue weighted by molar-refractivity contribution is 9.08. The lowest BCUT2D eigenvalue weighted by molar-refractivity contribution is 0.316. The molecule has 0 heterocycles. The van der Waals surface area contributed by atoms with E-state index in [4.69, 9.17) is 16.3 Å². The number of benzene rings is 1. The van der Waals surface area contributed by atoms with E-state index < -0.39 is 0 Å². The van der Waals surface area contributed by atoms with Crippen LogP contribution >= 0.6 is 39.3 Å². The topological polar surface area (TPSA) is 9.23 Å². The molecule has 0 spiro atoms. The summed E-state index contributed by atoms with van der Waals surface area (Å²) in [6.45, 7) is 2.95. The van der Waals surface area contributed by atoms with Crippen molar-refractivity contribution in [2.45, 2.75) is 18.7 Å². The van der Waals surface area contributed by atoms with Gasteiger partial charge in [0.2, 0.25) is 0 Å². The maximum absolute atomic E-state index is 5.92. The maximum Gasteiger partial charge on any atom is 0.123 e. The van der Waals surface area contributed by atoms with Gasteiger partial charge in [0, 0.05) is 15.9 Å². The molecule has 0 fully saturated rings. The summed E-state index contributed by atoms with van der Waals surface area (Å²) >= 11 is 11.3. The molecular weight excluding hydrogens is 308 g/mol. The average Bonchev–Trinajstić information content (AvgIpc) is 2.30.